The molecule has 0 aromatic heterocycles. The predicted molar refractivity (Wildman–Crippen MR) is 141 cm³/mol. The highest BCUT2D eigenvalue weighted by Crippen LogP contribution is 2.32. The molecule has 1 saturated carbocycles. The molecule has 0 saturated heterocycles. The minimum Gasteiger partial charge on any atom is -0.351 e. The second kappa shape index (κ2) is 12.1. The molecule has 206 valence electrons. The number of rotatable bonds is 10. The van der Waals surface area contributed by atoms with Crippen molar-refractivity contribution >= 4 is 23.0 Å². The smallest absolute Gasteiger partial charge is 0.351 e. The van der Waals surface area contributed by atoms with Crippen LogP contribution in [-0.4, -0.2) is 24.3 Å². The average Bonchev–Trinajstić information content (AvgIpc) is 3.74. The van der Waals surface area contributed by atoms with Crippen LogP contribution < -0.4 is 16.0 Å². The van der Waals surface area contributed by atoms with E-state index in [0.717, 1.165) is 25.0 Å². The van der Waals surface area contributed by atoms with Crippen LogP contribution in [0.25, 0.3) is 0 Å². The SMILES string of the molecule is N#Cc1cccc(N/C(=C\C(=N)C(F)(F)F)C(=O)Nc2cccc(C(NCC3CC3)c3c(F)cccc3F)c2)c1. The highest BCUT2D eigenvalue weighted by Gasteiger charge is 2.34. The van der Waals surface area contributed by atoms with Gasteiger partial charge in [0.2, 0.25) is 0 Å². The lowest BCUT2D eigenvalue weighted by Gasteiger charge is -2.22. The molecule has 11 heteroatoms. The Morgan fingerprint density at radius 1 is 1.00 bits per heavy atom. The van der Waals surface area contributed by atoms with Crippen LogP contribution in [0.2, 0.25) is 0 Å². The van der Waals surface area contributed by atoms with Crippen molar-refractivity contribution in [2.45, 2.75) is 25.1 Å². The number of hydrogen-bond acceptors (Lipinski definition) is 5. The molecule has 3 aromatic rings. The molecule has 6 nitrogen and oxygen atoms in total. The zero-order valence-corrected chi connectivity index (χ0v) is 20.9. The fraction of sp³-hybridized carbons (Fsp3) is 0.207. The van der Waals surface area contributed by atoms with Gasteiger partial charge in [-0.2, -0.15) is 18.4 Å². The number of anilines is 2. The highest BCUT2D eigenvalue weighted by molar-refractivity contribution is 6.11. The number of hydrogen-bond donors (Lipinski definition) is 4. The summed E-state index contributed by atoms with van der Waals surface area (Å²) in [5.41, 5.74) is -1.64. The zero-order chi connectivity index (χ0) is 28.9. The molecule has 1 aliphatic carbocycles. The van der Waals surface area contributed by atoms with Crippen LogP contribution in [0.3, 0.4) is 0 Å². The summed E-state index contributed by atoms with van der Waals surface area (Å²) >= 11 is 0. The van der Waals surface area contributed by atoms with Crippen molar-refractivity contribution in [1.29, 1.82) is 10.7 Å². The Morgan fingerprint density at radius 3 is 2.25 bits per heavy atom. The van der Waals surface area contributed by atoms with E-state index in [4.69, 9.17) is 10.7 Å². The van der Waals surface area contributed by atoms with E-state index in [9.17, 15) is 26.7 Å². The zero-order valence-electron chi connectivity index (χ0n) is 20.9. The summed E-state index contributed by atoms with van der Waals surface area (Å²) in [6, 6.07) is 16.4. The Morgan fingerprint density at radius 2 is 1.62 bits per heavy atom. The Hall–Kier alpha value is -4.56. The molecule has 1 atom stereocenters. The Kier molecular flexibility index (Phi) is 8.60. The third kappa shape index (κ3) is 7.30. The quantitative estimate of drug-likeness (QED) is 0.132. The van der Waals surface area contributed by atoms with Gasteiger partial charge in [0.15, 0.2) is 0 Å². The van der Waals surface area contributed by atoms with Gasteiger partial charge in [-0.15, -0.1) is 0 Å². The van der Waals surface area contributed by atoms with E-state index in [1.54, 1.807) is 12.1 Å². The van der Waals surface area contributed by atoms with Crippen molar-refractivity contribution in [3.63, 3.8) is 0 Å². The summed E-state index contributed by atoms with van der Waals surface area (Å²) in [5.74, 6) is -2.11. The number of amides is 1. The monoisotopic (exact) mass is 553 g/mol. The molecule has 0 radical (unpaired) electrons. The standard InChI is InChI=1S/C29H24F5N5O/c30-22-8-3-9-23(31)26(22)27(37-16-17-10-11-17)19-5-2-7-21(13-19)39-28(40)24(14-25(36)29(32,33)34)38-20-6-1-4-18(12-20)15-35/h1-9,12-14,17,27,36-38H,10-11,16H2,(H,39,40)/b24-14-,36-25?. The first-order chi connectivity index (χ1) is 19.0. The van der Waals surface area contributed by atoms with Crippen LogP contribution in [0.1, 0.15) is 35.6 Å². The Balaban J connectivity index is 1.63. The van der Waals surface area contributed by atoms with Crippen molar-refractivity contribution in [2.75, 3.05) is 17.2 Å². The van der Waals surface area contributed by atoms with Gasteiger partial charge in [-0.1, -0.05) is 24.3 Å². The molecule has 1 aliphatic rings. The van der Waals surface area contributed by atoms with E-state index in [1.807, 2.05) is 6.07 Å². The topological polar surface area (TPSA) is 101 Å². The van der Waals surface area contributed by atoms with Crippen LogP contribution in [0, 0.1) is 34.3 Å². The average molecular weight is 554 g/mol. The maximum Gasteiger partial charge on any atom is 0.432 e. The largest absolute Gasteiger partial charge is 0.432 e. The molecule has 4 rings (SSSR count). The summed E-state index contributed by atoms with van der Waals surface area (Å²) in [5, 5.41) is 24.7. The molecule has 0 aliphatic heterocycles. The normalized spacial score (nSPS) is 14.2. The van der Waals surface area contributed by atoms with E-state index in [0.29, 0.717) is 24.1 Å². The Bertz CT molecular complexity index is 1470. The number of halogens is 5. The number of nitrogens with one attached hydrogen (secondary N) is 4. The summed E-state index contributed by atoms with van der Waals surface area (Å²) in [7, 11) is 0. The van der Waals surface area contributed by atoms with Gasteiger partial charge in [-0.3, -0.25) is 10.2 Å². The van der Waals surface area contributed by atoms with Gasteiger partial charge < -0.3 is 16.0 Å². The first-order valence-corrected chi connectivity index (χ1v) is 12.3. The third-order valence-electron chi connectivity index (χ3n) is 6.18. The maximum atomic E-state index is 14.7. The summed E-state index contributed by atoms with van der Waals surface area (Å²) in [6.45, 7) is 0.521. The van der Waals surface area contributed by atoms with Gasteiger partial charge in [0.05, 0.1) is 17.7 Å². The fourth-order valence-electron chi connectivity index (χ4n) is 3.98. The van der Waals surface area contributed by atoms with Crippen molar-refractivity contribution in [1.82, 2.24) is 5.32 Å². The summed E-state index contributed by atoms with van der Waals surface area (Å²) in [6.07, 6.45) is -2.66. The molecular formula is C29H24F5N5O. The number of benzene rings is 3. The van der Waals surface area contributed by atoms with Gasteiger partial charge in [-0.25, -0.2) is 8.78 Å². The fourth-order valence-corrected chi connectivity index (χ4v) is 3.98. The molecule has 1 unspecified atom stereocenters. The molecule has 3 aromatic carbocycles. The number of alkyl halides is 3. The van der Waals surface area contributed by atoms with Crippen LogP contribution in [0.5, 0.6) is 0 Å². The third-order valence-corrected chi connectivity index (χ3v) is 6.18. The second-order valence-corrected chi connectivity index (χ2v) is 9.29. The van der Waals surface area contributed by atoms with Gasteiger partial charge in [0.1, 0.15) is 23.0 Å². The molecule has 1 fully saturated rings. The lowest BCUT2D eigenvalue weighted by atomic mass is 9.96. The predicted octanol–water partition coefficient (Wildman–Crippen LogP) is 6.44. The lowest BCUT2D eigenvalue weighted by Crippen LogP contribution is -2.27. The van der Waals surface area contributed by atoms with E-state index >= 15 is 0 Å². The first kappa shape index (κ1) is 28.4. The van der Waals surface area contributed by atoms with Gasteiger partial charge >= 0.3 is 6.18 Å². The van der Waals surface area contributed by atoms with Crippen molar-refractivity contribution in [3.05, 3.63) is 107 Å². The number of carbonyl (C=O) groups is 1. The highest BCUT2D eigenvalue weighted by atomic mass is 19.4. The van der Waals surface area contributed by atoms with Crippen molar-refractivity contribution in [2.24, 2.45) is 5.92 Å². The van der Waals surface area contributed by atoms with Crippen LogP contribution in [0.15, 0.2) is 78.5 Å². The minimum absolute atomic E-state index is 0.148. The molecule has 1 amide bonds. The maximum absolute atomic E-state index is 14.7. The number of allylic oxidation sites excluding steroid dienone is 1. The number of carbonyl (C=O) groups excluding carboxylic acids is 1. The molecule has 0 bridgehead atoms. The van der Waals surface area contributed by atoms with E-state index < -0.39 is 41.2 Å². The van der Waals surface area contributed by atoms with Crippen molar-refractivity contribution < 1.29 is 26.7 Å². The summed E-state index contributed by atoms with van der Waals surface area (Å²) in [4.78, 5) is 13.1. The first-order valence-electron chi connectivity index (χ1n) is 12.3. The van der Waals surface area contributed by atoms with Crippen molar-refractivity contribution in [3.8, 4) is 6.07 Å². The molecular weight excluding hydrogens is 529 g/mol. The van der Waals surface area contributed by atoms with Gasteiger partial charge in [0.25, 0.3) is 5.91 Å². The van der Waals surface area contributed by atoms with Crippen LogP contribution >= 0.6 is 0 Å². The van der Waals surface area contributed by atoms with Crippen LogP contribution in [-0.2, 0) is 4.79 Å². The lowest BCUT2D eigenvalue weighted by molar-refractivity contribution is -0.112. The van der Waals surface area contributed by atoms with E-state index in [1.165, 1.54) is 42.5 Å². The minimum atomic E-state index is -5.01. The molecule has 0 heterocycles. The number of nitriles is 1. The molecule has 40 heavy (non-hydrogen) atoms. The second-order valence-electron chi connectivity index (χ2n) is 9.29. The van der Waals surface area contributed by atoms with Gasteiger partial charge in [-0.05, 0) is 79.4 Å². The molecule has 0 spiro atoms. The number of nitrogens with zero attached hydrogens (tertiary/aromatic N) is 1. The van der Waals surface area contributed by atoms with Gasteiger partial charge in [0, 0.05) is 16.9 Å². The summed E-state index contributed by atoms with van der Waals surface area (Å²) < 4.78 is 68.8. The molecule has 4 N–H and O–H groups in total. The Labute approximate surface area is 227 Å². The van der Waals surface area contributed by atoms with E-state index in [-0.39, 0.29) is 22.5 Å². The van der Waals surface area contributed by atoms with Crippen LogP contribution in [0.4, 0.5) is 33.3 Å². The van der Waals surface area contributed by atoms with E-state index in [2.05, 4.69) is 16.0 Å².